The zero-order valence-electron chi connectivity index (χ0n) is 22.2. The van der Waals surface area contributed by atoms with E-state index < -0.39 is 0 Å². The van der Waals surface area contributed by atoms with Crippen LogP contribution >= 0.6 is 0 Å². The molecular weight excluding hydrogens is 408 g/mol. The second kappa shape index (κ2) is 19.5. The molecule has 0 aromatic rings. The molecule has 0 bridgehead atoms. The Morgan fingerprint density at radius 3 is 1.06 bits per heavy atom. The first-order valence-electron chi connectivity index (χ1n) is 14.4. The molecule has 0 aromatic heterocycles. The van der Waals surface area contributed by atoms with E-state index in [4.69, 9.17) is 14.2 Å². The summed E-state index contributed by atoms with van der Waals surface area (Å²) in [6.07, 6.45) is 28.2. The molecule has 0 N–H and O–H groups in total. The number of hydrogen-bond donors (Lipinski definition) is 0. The van der Waals surface area contributed by atoms with E-state index in [9.17, 15) is 0 Å². The zero-order valence-corrected chi connectivity index (χ0v) is 22.2. The molecule has 0 aromatic carbocycles. The third-order valence-electron chi connectivity index (χ3n) is 7.52. The average molecular weight is 463 g/mol. The van der Waals surface area contributed by atoms with Crippen LogP contribution in [-0.2, 0) is 14.2 Å². The fourth-order valence-corrected chi connectivity index (χ4v) is 5.38. The topological polar surface area (TPSA) is 27.7 Å². The lowest BCUT2D eigenvalue weighted by atomic mass is 9.96. The molecule has 0 radical (unpaired) electrons. The van der Waals surface area contributed by atoms with Gasteiger partial charge in [-0.15, -0.1) is 0 Å². The van der Waals surface area contributed by atoms with Crippen molar-refractivity contribution >= 4 is 0 Å². The van der Waals surface area contributed by atoms with Crippen LogP contribution in [0.5, 0.6) is 0 Å². The summed E-state index contributed by atoms with van der Waals surface area (Å²) >= 11 is 0. The van der Waals surface area contributed by atoms with Gasteiger partial charge in [0.1, 0.15) is 11.5 Å². The van der Waals surface area contributed by atoms with E-state index in [1.165, 1.54) is 138 Å². The van der Waals surface area contributed by atoms with Gasteiger partial charge in [-0.05, 0) is 62.5 Å². The van der Waals surface area contributed by atoms with Gasteiger partial charge in [-0.25, -0.2) is 0 Å². The van der Waals surface area contributed by atoms with Crippen LogP contribution in [0.3, 0.4) is 0 Å². The summed E-state index contributed by atoms with van der Waals surface area (Å²) in [4.78, 5) is 0. The Balaban J connectivity index is 2.27. The van der Waals surface area contributed by atoms with E-state index in [1.807, 2.05) is 14.2 Å². The quantitative estimate of drug-likeness (QED) is 0.359. The van der Waals surface area contributed by atoms with Crippen LogP contribution in [0.2, 0.25) is 0 Å². The molecule has 2 aliphatic carbocycles. The summed E-state index contributed by atoms with van der Waals surface area (Å²) < 4.78 is 18.0. The van der Waals surface area contributed by atoms with E-state index in [0.717, 1.165) is 38.9 Å². The normalized spacial score (nSPS) is 25.9. The van der Waals surface area contributed by atoms with Gasteiger partial charge in [0, 0.05) is 27.1 Å². The van der Waals surface area contributed by atoms with Crippen molar-refractivity contribution in [2.24, 2.45) is 0 Å². The predicted octanol–water partition coefficient (Wildman–Crippen LogP) is 9.41. The molecular formula is C30H54O3. The van der Waals surface area contributed by atoms with Crippen molar-refractivity contribution in [3.8, 4) is 0 Å². The molecule has 0 aliphatic heterocycles. The highest BCUT2D eigenvalue weighted by atomic mass is 16.5. The van der Waals surface area contributed by atoms with Crippen molar-refractivity contribution in [1.82, 2.24) is 0 Å². The third-order valence-corrected chi connectivity index (χ3v) is 7.52. The molecule has 0 fully saturated rings. The first-order chi connectivity index (χ1) is 16.3. The summed E-state index contributed by atoms with van der Waals surface area (Å²) in [6, 6.07) is 0. The average Bonchev–Trinajstić information content (AvgIpc) is 2.81. The number of ether oxygens (including phenoxy) is 3. The van der Waals surface area contributed by atoms with Crippen molar-refractivity contribution in [2.45, 2.75) is 141 Å². The second-order valence-corrected chi connectivity index (χ2v) is 10.3. The van der Waals surface area contributed by atoms with Gasteiger partial charge in [0.25, 0.3) is 0 Å². The molecule has 33 heavy (non-hydrogen) atoms. The van der Waals surface area contributed by atoms with E-state index in [2.05, 4.69) is 0 Å². The van der Waals surface area contributed by atoms with Crippen LogP contribution in [0.4, 0.5) is 0 Å². The minimum Gasteiger partial charge on any atom is -0.466 e. The third kappa shape index (κ3) is 13.0. The van der Waals surface area contributed by atoms with Gasteiger partial charge in [-0.1, -0.05) is 77.0 Å². The monoisotopic (exact) mass is 462 g/mol. The summed E-state index contributed by atoms with van der Waals surface area (Å²) in [6.45, 7) is 1.61. The standard InChI is InChI=1S/C30H54O3/c1-31-25-23-27-19-15-11-7-3-5-9-13-17-21-29(27)33-30-22-18-14-10-6-4-8-12-16-20-28(30)24-26-32-2/h3-26H2,1-2H3/b29-27-,30-28-. The fraction of sp³-hybridized carbons (Fsp3) is 0.867. The number of methoxy groups -OCH3 is 2. The Kier molecular flexibility index (Phi) is 16.8. The fourth-order valence-electron chi connectivity index (χ4n) is 5.38. The molecule has 0 unspecified atom stereocenters. The molecule has 2 rings (SSSR count). The lowest BCUT2D eigenvalue weighted by Gasteiger charge is -2.23. The molecule has 3 heteroatoms. The van der Waals surface area contributed by atoms with E-state index in [1.54, 1.807) is 0 Å². The highest BCUT2D eigenvalue weighted by Crippen LogP contribution is 2.31. The largest absolute Gasteiger partial charge is 0.466 e. The van der Waals surface area contributed by atoms with Crippen LogP contribution < -0.4 is 0 Å². The van der Waals surface area contributed by atoms with Gasteiger partial charge in [-0.3, -0.25) is 0 Å². The first-order valence-corrected chi connectivity index (χ1v) is 14.4. The summed E-state index contributed by atoms with van der Waals surface area (Å²) in [5.41, 5.74) is 3.06. The number of rotatable bonds is 8. The minimum absolute atomic E-state index is 0.803. The second-order valence-electron chi connectivity index (χ2n) is 10.3. The zero-order chi connectivity index (χ0) is 23.4. The van der Waals surface area contributed by atoms with Gasteiger partial charge in [-0.2, -0.15) is 0 Å². The maximum atomic E-state index is 7.01. The lowest BCUT2D eigenvalue weighted by Crippen LogP contribution is -2.07. The molecule has 0 heterocycles. The summed E-state index contributed by atoms with van der Waals surface area (Å²) in [5, 5.41) is 0. The molecule has 3 nitrogen and oxygen atoms in total. The van der Waals surface area contributed by atoms with E-state index in [-0.39, 0.29) is 0 Å². The lowest BCUT2D eigenvalue weighted by molar-refractivity contribution is 0.192. The van der Waals surface area contributed by atoms with Crippen molar-refractivity contribution < 1.29 is 14.2 Å². The smallest absolute Gasteiger partial charge is 0.103 e. The van der Waals surface area contributed by atoms with Crippen LogP contribution in [0.1, 0.15) is 141 Å². The molecule has 0 saturated heterocycles. The summed E-state index contributed by atoms with van der Waals surface area (Å²) in [5.74, 6) is 2.59. The Labute approximate surface area is 205 Å². The van der Waals surface area contributed by atoms with Crippen molar-refractivity contribution in [1.29, 1.82) is 0 Å². The van der Waals surface area contributed by atoms with Crippen molar-refractivity contribution in [2.75, 3.05) is 27.4 Å². The van der Waals surface area contributed by atoms with Crippen LogP contribution in [0.15, 0.2) is 22.7 Å². The van der Waals surface area contributed by atoms with Crippen LogP contribution in [-0.4, -0.2) is 27.4 Å². The number of allylic oxidation sites excluding steroid dienone is 2. The Hall–Kier alpha value is -0.800. The molecule has 0 spiro atoms. The van der Waals surface area contributed by atoms with Gasteiger partial charge < -0.3 is 14.2 Å². The number of hydrogen-bond acceptors (Lipinski definition) is 3. The van der Waals surface area contributed by atoms with Crippen LogP contribution in [0.25, 0.3) is 0 Å². The summed E-state index contributed by atoms with van der Waals surface area (Å²) in [7, 11) is 3.66. The highest BCUT2D eigenvalue weighted by molar-refractivity contribution is 5.16. The molecule has 0 saturated carbocycles. The molecule has 192 valence electrons. The van der Waals surface area contributed by atoms with Crippen LogP contribution in [0, 0.1) is 0 Å². The van der Waals surface area contributed by atoms with E-state index >= 15 is 0 Å². The van der Waals surface area contributed by atoms with E-state index in [0.29, 0.717) is 0 Å². The van der Waals surface area contributed by atoms with Crippen molar-refractivity contribution in [3.05, 3.63) is 22.7 Å². The van der Waals surface area contributed by atoms with Gasteiger partial charge in [0.2, 0.25) is 0 Å². The minimum atomic E-state index is 0.803. The van der Waals surface area contributed by atoms with Crippen molar-refractivity contribution in [3.63, 3.8) is 0 Å². The molecule has 2 aliphatic rings. The molecule has 0 atom stereocenters. The van der Waals surface area contributed by atoms with Gasteiger partial charge in [0.05, 0.1) is 13.2 Å². The predicted molar refractivity (Wildman–Crippen MR) is 140 cm³/mol. The van der Waals surface area contributed by atoms with Gasteiger partial charge >= 0.3 is 0 Å². The maximum Gasteiger partial charge on any atom is 0.103 e. The maximum absolute atomic E-state index is 7.01. The molecule has 0 amide bonds. The first kappa shape index (κ1) is 28.4. The SMILES string of the molecule is COCC/C1=C(\O/C2=C(\CCOC)CCCCCCCCCC2)CCCCCCCCCC1. The Morgan fingerprint density at radius 2 is 0.727 bits per heavy atom. The van der Waals surface area contributed by atoms with Gasteiger partial charge in [0.15, 0.2) is 0 Å². The Bertz CT molecular complexity index is 501. The highest BCUT2D eigenvalue weighted by Gasteiger charge is 2.16. The Morgan fingerprint density at radius 1 is 0.424 bits per heavy atom.